The van der Waals surface area contributed by atoms with Crippen LogP contribution in [-0.2, 0) is 0 Å². The van der Waals surface area contributed by atoms with Crippen molar-refractivity contribution in [2.24, 2.45) is 0 Å². The average Bonchev–Trinajstić information content (AvgIpc) is 3.03. The number of nitrogens with zero attached hydrogens (tertiary/aromatic N) is 4. The van der Waals surface area contributed by atoms with Gasteiger partial charge in [-0.25, -0.2) is 4.98 Å². The van der Waals surface area contributed by atoms with Crippen LogP contribution in [0.5, 0.6) is 5.75 Å². The lowest BCUT2D eigenvalue weighted by Gasteiger charge is -2.09. The van der Waals surface area contributed by atoms with Gasteiger partial charge in [0.1, 0.15) is 0 Å². The Kier molecular flexibility index (Phi) is 3.24. The quantitative estimate of drug-likeness (QED) is 0.484. The summed E-state index contributed by atoms with van der Waals surface area (Å²) in [5.41, 5.74) is 1.59. The molecule has 6 nitrogen and oxygen atoms in total. The molecule has 0 aliphatic carbocycles. The van der Waals surface area contributed by atoms with Crippen molar-refractivity contribution in [1.29, 1.82) is 0 Å². The Labute approximate surface area is 152 Å². The Morgan fingerprint density at radius 3 is 2.81 bits per heavy atom. The average molecular weight is 360 g/mol. The Morgan fingerprint density at radius 2 is 1.96 bits per heavy atom. The fourth-order valence-electron chi connectivity index (χ4n) is 3.33. The highest BCUT2D eigenvalue weighted by atomic mass is 19.1. The van der Waals surface area contributed by atoms with E-state index in [1.54, 1.807) is 30.6 Å². The van der Waals surface area contributed by atoms with Crippen molar-refractivity contribution in [2.45, 2.75) is 0 Å². The second kappa shape index (κ2) is 5.63. The summed E-state index contributed by atoms with van der Waals surface area (Å²) < 4.78 is 22.8. The number of aromatic nitrogens is 4. The standard InChI is InChI=1S/C20H13FN4O2/c1-27-16-5-3-9-24-19(16)23-18-14(20(24)26)11-17(21)25(18)13-6-7-15-12(10-13)4-2-8-22-15/h2-11H,1H3. The van der Waals surface area contributed by atoms with Crippen LogP contribution in [0.1, 0.15) is 0 Å². The third-order valence-corrected chi connectivity index (χ3v) is 4.59. The molecule has 132 valence electrons. The molecule has 0 amide bonds. The summed E-state index contributed by atoms with van der Waals surface area (Å²) in [6.07, 6.45) is 3.29. The highest BCUT2D eigenvalue weighted by Gasteiger charge is 2.18. The lowest BCUT2D eigenvalue weighted by molar-refractivity contribution is 0.416. The van der Waals surface area contributed by atoms with Crippen LogP contribution < -0.4 is 10.3 Å². The molecule has 4 heterocycles. The molecule has 5 rings (SSSR count). The van der Waals surface area contributed by atoms with E-state index in [-0.39, 0.29) is 16.6 Å². The minimum atomic E-state index is -0.562. The summed E-state index contributed by atoms with van der Waals surface area (Å²) in [5.74, 6) is -0.125. The van der Waals surface area contributed by atoms with Crippen LogP contribution in [0.3, 0.4) is 0 Å². The highest BCUT2D eigenvalue weighted by molar-refractivity contribution is 5.84. The maximum Gasteiger partial charge on any atom is 0.267 e. The molecule has 0 radical (unpaired) electrons. The number of hydrogen-bond acceptors (Lipinski definition) is 4. The lowest BCUT2D eigenvalue weighted by Crippen LogP contribution is -2.15. The van der Waals surface area contributed by atoms with Gasteiger partial charge in [-0.2, -0.15) is 4.39 Å². The van der Waals surface area contributed by atoms with E-state index in [1.165, 1.54) is 22.1 Å². The van der Waals surface area contributed by atoms with E-state index in [4.69, 9.17) is 4.74 Å². The van der Waals surface area contributed by atoms with Crippen molar-refractivity contribution >= 4 is 27.6 Å². The predicted molar refractivity (Wildman–Crippen MR) is 100 cm³/mol. The fourth-order valence-corrected chi connectivity index (χ4v) is 3.33. The molecule has 0 saturated carbocycles. The molecule has 5 aromatic rings. The van der Waals surface area contributed by atoms with Crippen LogP contribution in [0, 0.1) is 5.95 Å². The molecule has 0 saturated heterocycles. The van der Waals surface area contributed by atoms with Crippen molar-refractivity contribution in [3.8, 4) is 11.4 Å². The molecular formula is C20H13FN4O2. The lowest BCUT2D eigenvalue weighted by atomic mass is 10.2. The fraction of sp³-hybridized carbons (Fsp3) is 0.0500. The van der Waals surface area contributed by atoms with Crippen molar-refractivity contribution < 1.29 is 9.13 Å². The zero-order valence-electron chi connectivity index (χ0n) is 14.3. The Balaban J connectivity index is 1.89. The Morgan fingerprint density at radius 1 is 1.07 bits per heavy atom. The second-order valence-electron chi connectivity index (χ2n) is 6.11. The number of rotatable bonds is 2. The van der Waals surface area contributed by atoms with Gasteiger partial charge in [-0.15, -0.1) is 0 Å². The number of halogens is 1. The number of hydrogen-bond donors (Lipinski definition) is 0. The predicted octanol–water partition coefficient (Wildman–Crippen LogP) is 3.33. The van der Waals surface area contributed by atoms with Gasteiger partial charge in [0, 0.05) is 23.8 Å². The van der Waals surface area contributed by atoms with E-state index in [0.29, 0.717) is 17.1 Å². The molecule has 0 unspecified atom stereocenters. The van der Waals surface area contributed by atoms with Crippen LogP contribution in [0.4, 0.5) is 4.39 Å². The summed E-state index contributed by atoms with van der Waals surface area (Å²) in [7, 11) is 1.50. The number of pyridine rings is 2. The molecule has 27 heavy (non-hydrogen) atoms. The SMILES string of the molecule is COc1cccn2c(=O)c3cc(F)n(-c4ccc5ncccc5c4)c3nc12. The van der Waals surface area contributed by atoms with Crippen LogP contribution >= 0.6 is 0 Å². The van der Waals surface area contributed by atoms with Crippen LogP contribution in [0.25, 0.3) is 33.3 Å². The summed E-state index contributed by atoms with van der Waals surface area (Å²) in [4.78, 5) is 21.7. The number of fused-ring (bicyclic) bond motifs is 3. The minimum Gasteiger partial charge on any atom is -0.493 e. The molecule has 0 aliphatic heterocycles. The van der Waals surface area contributed by atoms with Crippen molar-refractivity contribution in [1.82, 2.24) is 18.9 Å². The first kappa shape index (κ1) is 15.5. The van der Waals surface area contributed by atoms with E-state index in [2.05, 4.69) is 9.97 Å². The van der Waals surface area contributed by atoms with Crippen LogP contribution in [0.15, 0.2) is 65.7 Å². The van der Waals surface area contributed by atoms with Crippen molar-refractivity contribution in [2.75, 3.05) is 7.11 Å². The molecule has 0 spiro atoms. The van der Waals surface area contributed by atoms with Crippen molar-refractivity contribution in [3.05, 3.63) is 77.2 Å². The molecule has 0 atom stereocenters. The largest absolute Gasteiger partial charge is 0.493 e. The van der Waals surface area contributed by atoms with E-state index in [9.17, 15) is 9.18 Å². The summed E-state index contributed by atoms with van der Waals surface area (Å²) >= 11 is 0. The molecule has 0 aliphatic rings. The second-order valence-corrected chi connectivity index (χ2v) is 6.11. The number of benzene rings is 1. The van der Waals surface area contributed by atoms with Gasteiger partial charge in [0.15, 0.2) is 17.0 Å². The highest BCUT2D eigenvalue weighted by Crippen LogP contribution is 2.25. The van der Waals surface area contributed by atoms with Crippen molar-refractivity contribution in [3.63, 3.8) is 0 Å². The molecule has 4 aromatic heterocycles. The van der Waals surface area contributed by atoms with Gasteiger partial charge in [0.2, 0.25) is 5.95 Å². The monoisotopic (exact) mass is 360 g/mol. The van der Waals surface area contributed by atoms with E-state index < -0.39 is 5.95 Å². The van der Waals surface area contributed by atoms with Crippen LogP contribution in [-0.4, -0.2) is 26.0 Å². The van der Waals surface area contributed by atoms with E-state index >= 15 is 0 Å². The maximum atomic E-state index is 14.8. The normalized spacial score (nSPS) is 11.5. The third kappa shape index (κ3) is 2.21. The van der Waals surface area contributed by atoms with Gasteiger partial charge in [0.05, 0.1) is 23.7 Å². The molecule has 1 aromatic carbocycles. The first-order valence-electron chi connectivity index (χ1n) is 8.29. The van der Waals surface area contributed by atoms with Gasteiger partial charge in [0.25, 0.3) is 5.56 Å². The number of methoxy groups -OCH3 is 1. The number of ether oxygens (including phenoxy) is 1. The Hall–Kier alpha value is -3.74. The molecule has 0 bridgehead atoms. The van der Waals surface area contributed by atoms with Gasteiger partial charge in [-0.05, 0) is 36.4 Å². The van der Waals surface area contributed by atoms with Gasteiger partial charge < -0.3 is 4.74 Å². The summed E-state index contributed by atoms with van der Waals surface area (Å²) in [5, 5.41) is 1.07. The van der Waals surface area contributed by atoms with E-state index in [0.717, 1.165) is 10.9 Å². The van der Waals surface area contributed by atoms with Gasteiger partial charge in [-0.3, -0.25) is 18.7 Å². The summed E-state index contributed by atoms with van der Waals surface area (Å²) in [6, 6.07) is 13.7. The van der Waals surface area contributed by atoms with Crippen LogP contribution in [0.2, 0.25) is 0 Å². The van der Waals surface area contributed by atoms with Gasteiger partial charge in [-0.1, -0.05) is 6.07 Å². The maximum absolute atomic E-state index is 14.8. The summed E-state index contributed by atoms with van der Waals surface area (Å²) in [6.45, 7) is 0. The van der Waals surface area contributed by atoms with Gasteiger partial charge >= 0.3 is 0 Å². The first-order chi connectivity index (χ1) is 13.2. The Bertz CT molecular complexity index is 1400. The topological polar surface area (TPSA) is 61.4 Å². The molecule has 0 N–H and O–H groups in total. The molecule has 7 heteroatoms. The molecule has 0 fully saturated rings. The first-order valence-corrected chi connectivity index (χ1v) is 8.29. The zero-order chi connectivity index (χ0) is 18.5. The third-order valence-electron chi connectivity index (χ3n) is 4.59. The zero-order valence-corrected chi connectivity index (χ0v) is 14.3. The minimum absolute atomic E-state index is 0.199. The molecular weight excluding hydrogens is 347 g/mol. The smallest absolute Gasteiger partial charge is 0.267 e. The van der Waals surface area contributed by atoms with E-state index in [1.807, 2.05) is 24.3 Å².